The number of nitrogens with two attached hydrogens (primary N) is 1. The van der Waals surface area contributed by atoms with E-state index in [9.17, 15) is 0 Å². The molecule has 0 radical (unpaired) electrons. The maximum atomic E-state index is 5.48. The molecule has 1 rings (SSSR count). The Labute approximate surface area is 84.6 Å². The molecule has 0 amide bonds. The number of rotatable bonds is 4. The minimum atomic E-state index is 0.129. The summed E-state index contributed by atoms with van der Waals surface area (Å²) in [5.41, 5.74) is 7.09. The van der Waals surface area contributed by atoms with Crippen LogP contribution in [0.2, 0.25) is 0 Å². The standard InChI is InChI=1S/C11H16N2O/c1-8(2)14-11-6-4-5-10(13-11)9(3)7-12/h4-6,8H,3,7,12H2,1-2H3. The van der Waals surface area contributed by atoms with Crippen LogP contribution in [0.3, 0.4) is 0 Å². The van der Waals surface area contributed by atoms with Crippen LogP contribution in [0, 0.1) is 0 Å². The lowest BCUT2D eigenvalue weighted by Gasteiger charge is -2.09. The van der Waals surface area contributed by atoms with Gasteiger partial charge in [-0.25, -0.2) is 4.98 Å². The highest BCUT2D eigenvalue weighted by molar-refractivity contribution is 5.61. The molecule has 2 N–H and O–H groups in total. The summed E-state index contributed by atoms with van der Waals surface area (Å²) in [5.74, 6) is 0.618. The van der Waals surface area contributed by atoms with E-state index in [4.69, 9.17) is 10.5 Å². The molecule has 0 bridgehead atoms. The Kier molecular flexibility index (Phi) is 3.65. The van der Waals surface area contributed by atoms with Crippen molar-refractivity contribution in [3.05, 3.63) is 30.5 Å². The van der Waals surface area contributed by atoms with Crippen LogP contribution in [0.25, 0.3) is 5.57 Å². The largest absolute Gasteiger partial charge is 0.475 e. The molecule has 0 saturated carbocycles. The van der Waals surface area contributed by atoms with Crippen molar-refractivity contribution >= 4 is 5.57 Å². The number of nitrogens with zero attached hydrogens (tertiary/aromatic N) is 1. The van der Waals surface area contributed by atoms with Crippen molar-refractivity contribution in [2.45, 2.75) is 20.0 Å². The number of aromatic nitrogens is 1. The third-order valence-corrected chi connectivity index (χ3v) is 1.69. The molecule has 3 nitrogen and oxygen atoms in total. The molecule has 1 aromatic rings. The van der Waals surface area contributed by atoms with Gasteiger partial charge in [-0.2, -0.15) is 0 Å². The van der Waals surface area contributed by atoms with Crippen LogP contribution in [0.1, 0.15) is 19.5 Å². The van der Waals surface area contributed by atoms with Crippen molar-refractivity contribution in [1.82, 2.24) is 4.98 Å². The smallest absolute Gasteiger partial charge is 0.214 e. The fraction of sp³-hybridized carbons (Fsp3) is 0.364. The zero-order chi connectivity index (χ0) is 10.6. The normalized spacial score (nSPS) is 10.3. The number of ether oxygens (including phenoxy) is 1. The van der Waals surface area contributed by atoms with Crippen molar-refractivity contribution in [2.24, 2.45) is 5.73 Å². The molecule has 0 saturated heterocycles. The molecular weight excluding hydrogens is 176 g/mol. The summed E-state index contributed by atoms with van der Waals surface area (Å²) in [6.45, 7) is 8.16. The van der Waals surface area contributed by atoms with Crippen molar-refractivity contribution in [2.75, 3.05) is 6.54 Å². The van der Waals surface area contributed by atoms with Crippen molar-refractivity contribution in [1.29, 1.82) is 0 Å². The lowest BCUT2D eigenvalue weighted by molar-refractivity contribution is 0.232. The van der Waals surface area contributed by atoms with E-state index in [1.165, 1.54) is 0 Å². The molecule has 0 aliphatic carbocycles. The molecule has 0 atom stereocenters. The average molecular weight is 192 g/mol. The van der Waals surface area contributed by atoms with E-state index in [1.807, 2.05) is 32.0 Å². The molecule has 76 valence electrons. The van der Waals surface area contributed by atoms with Gasteiger partial charge in [0, 0.05) is 12.6 Å². The summed E-state index contributed by atoms with van der Waals surface area (Å²) in [6.07, 6.45) is 0.129. The van der Waals surface area contributed by atoms with Gasteiger partial charge >= 0.3 is 0 Å². The second kappa shape index (κ2) is 4.77. The Morgan fingerprint density at radius 3 is 2.86 bits per heavy atom. The summed E-state index contributed by atoms with van der Waals surface area (Å²) >= 11 is 0. The molecule has 0 unspecified atom stereocenters. The molecule has 1 aromatic heterocycles. The highest BCUT2D eigenvalue weighted by Gasteiger charge is 2.02. The van der Waals surface area contributed by atoms with E-state index in [2.05, 4.69) is 11.6 Å². The monoisotopic (exact) mass is 192 g/mol. The van der Waals surface area contributed by atoms with Gasteiger partial charge in [0.05, 0.1) is 11.8 Å². The third kappa shape index (κ3) is 2.85. The first kappa shape index (κ1) is 10.7. The zero-order valence-electron chi connectivity index (χ0n) is 8.66. The first-order chi connectivity index (χ1) is 6.63. The predicted molar refractivity (Wildman–Crippen MR) is 58.1 cm³/mol. The van der Waals surface area contributed by atoms with Crippen LogP contribution < -0.4 is 10.5 Å². The highest BCUT2D eigenvalue weighted by Crippen LogP contribution is 2.14. The van der Waals surface area contributed by atoms with Crippen LogP contribution in [0.4, 0.5) is 0 Å². The van der Waals surface area contributed by atoms with Gasteiger partial charge in [-0.15, -0.1) is 0 Å². The fourth-order valence-corrected chi connectivity index (χ4v) is 1.02. The molecule has 3 heteroatoms. The highest BCUT2D eigenvalue weighted by atomic mass is 16.5. The van der Waals surface area contributed by atoms with Crippen molar-refractivity contribution < 1.29 is 4.74 Å². The Bertz CT molecular complexity index is 321. The molecule has 0 aromatic carbocycles. The first-order valence-corrected chi connectivity index (χ1v) is 4.65. The van der Waals surface area contributed by atoms with Gasteiger partial charge in [-0.05, 0) is 25.5 Å². The second-order valence-corrected chi connectivity index (χ2v) is 3.34. The molecule has 14 heavy (non-hydrogen) atoms. The van der Waals surface area contributed by atoms with Crippen LogP contribution in [0.5, 0.6) is 5.88 Å². The van der Waals surface area contributed by atoms with Gasteiger partial charge in [-0.1, -0.05) is 12.6 Å². The molecule has 0 spiro atoms. The van der Waals surface area contributed by atoms with Gasteiger partial charge < -0.3 is 10.5 Å². The number of hydrogen-bond acceptors (Lipinski definition) is 3. The molecule has 0 aliphatic rings. The SMILES string of the molecule is C=C(CN)c1cccc(OC(C)C)n1. The Morgan fingerprint density at radius 2 is 2.29 bits per heavy atom. The van der Waals surface area contributed by atoms with E-state index in [1.54, 1.807) is 0 Å². The Balaban J connectivity index is 2.84. The minimum Gasteiger partial charge on any atom is -0.475 e. The average Bonchev–Trinajstić information content (AvgIpc) is 2.16. The van der Waals surface area contributed by atoms with Gasteiger partial charge in [0.15, 0.2) is 0 Å². The summed E-state index contributed by atoms with van der Waals surface area (Å²) in [4.78, 5) is 4.28. The van der Waals surface area contributed by atoms with E-state index in [0.717, 1.165) is 11.3 Å². The summed E-state index contributed by atoms with van der Waals surface area (Å²) in [7, 11) is 0. The van der Waals surface area contributed by atoms with Crippen LogP contribution in [0.15, 0.2) is 24.8 Å². The molecule has 0 aliphatic heterocycles. The van der Waals surface area contributed by atoms with Gasteiger partial charge in [-0.3, -0.25) is 0 Å². The summed E-state index contributed by atoms with van der Waals surface area (Å²) in [6, 6.07) is 5.59. The topological polar surface area (TPSA) is 48.1 Å². The quantitative estimate of drug-likeness (QED) is 0.791. The minimum absolute atomic E-state index is 0.129. The molecule has 0 fully saturated rings. The van der Waals surface area contributed by atoms with Crippen LogP contribution >= 0.6 is 0 Å². The second-order valence-electron chi connectivity index (χ2n) is 3.34. The zero-order valence-corrected chi connectivity index (χ0v) is 8.66. The van der Waals surface area contributed by atoms with E-state index < -0.39 is 0 Å². The lowest BCUT2D eigenvalue weighted by Crippen LogP contribution is -2.08. The predicted octanol–water partition coefficient (Wildman–Crippen LogP) is 1.84. The lowest BCUT2D eigenvalue weighted by atomic mass is 10.2. The van der Waals surface area contributed by atoms with Crippen molar-refractivity contribution in [3.63, 3.8) is 0 Å². The van der Waals surface area contributed by atoms with Crippen LogP contribution in [-0.2, 0) is 0 Å². The molecule has 1 heterocycles. The Hall–Kier alpha value is -1.35. The van der Waals surface area contributed by atoms with E-state index in [0.29, 0.717) is 12.4 Å². The van der Waals surface area contributed by atoms with Gasteiger partial charge in [0.25, 0.3) is 0 Å². The summed E-state index contributed by atoms with van der Waals surface area (Å²) in [5, 5.41) is 0. The first-order valence-electron chi connectivity index (χ1n) is 4.65. The summed E-state index contributed by atoms with van der Waals surface area (Å²) < 4.78 is 5.46. The Morgan fingerprint density at radius 1 is 1.57 bits per heavy atom. The third-order valence-electron chi connectivity index (χ3n) is 1.69. The maximum absolute atomic E-state index is 5.48. The fourth-order valence-electron chi connectivity index (χ4n) is 1.02. The van der Waals surface area contributed by atoms with Crippen LogP contribution in [-0.4, -0.2) is 17.6 Å². The van der Waals surface area contributed by atoms with Gasteiger partial charge in [0.2, 0.25) is 5.88 Å². The maximum Gasteiger partial charge on any atom is 0.214 e. The molecular formula is C11H16N2O. The van der Waals surface area contributed by atoms with Gasteiger partial charge in [0.1, 0.15) is 0 Å². The number of pyridine rings is 1. The number of hydrogen-bond donors (Lipinski definition) is 1. The van der Waals surface area contributed by atoms with E-state index in [-0.39, 0.29) is 6.10 Å². The van der Waals surface area contributed by atoms with Crippen molar-refractivity contribution in [3.8, 4) is 5.88 Å². The van der Waals surface area contributed by atoms with E-state index >= 15 is 0 Å².